The smallest absolute Gasteiger partial charge is 0.332 e. The molecule has 0 aliphatic carbocycles. The molecule has 1 fully saturated rings. The molecule has 3 rings (SSSR count). The summed E-state index contributed by atoms with van der Waals surface area (Å²) in [6, 6.07) is 4.75. The van der Waals surface area contributed by atoms with E-state index in [1.165, 1.54) is 4.68 Å². The van der Waals surface area contributed by atoms with Crippen LogP contribution in [0.15, 0.2) is 28.9 Å². The standard InChI is InChI=1S/C12H12BrN3O3S/c13-9-1-2-11-8(5-9)6-14-16(11)12(17)15-10-3-4-20(18,19)7-10/h1-2,5-6,10H,3-4,7H2,(H,15,17). The van der Waals surface area contributed by atoms with Crippen LogP contribution >= 0.6 is 15.9 Å². The van der Waals surface area contributed by atoms with Gasteiger partial charge in [0.15, 0.2) is 9.84 Å². The van der Waals surface area contributed by atoms with Crippen LogP contribution in [0.3, 0.4) is 0 Å². The van der Waals surface area contributed by atoms with Gasteiger partial charge in [0, 0.05) is 15.9 Å². The maximum atomic E-state index is 12.2. The Bertz CT molecular complexity index is 784. The molecular weight excluding hydrogens is 346 g/mol. The normalized spacial score (nSPS) is 21.1. The van der Waals surface area contributed by atoms with Crippen molar-refractivity contribution in [1.29, 1.82) is 0 Å². The Balaban J connectivity index is 1.83. The first-order valence-electron chi connectivity index (χ1n) is 6.09. The van der Waals surface area contributed by atoms with E-state index in [1.54, 1.807) is 12.3 Å². The van der Waals surface area contributed by atoms with E-state index in [1.807, 2.05) is 12.1 Å². The van der Waals surface area contributed by atoms with Crippen molar-refractivity contribution in [3.8, 4) is 0 Å². The summed E-state index contributed by atoms with van der Waals surface area (Å²) >= 11 is 3.36. The van der Waals surface area contributed by atoms with E-state index in [-0.39, 0.29) is 17.5 Å². The Hall–Kier alpha value is -1.41. The molecule has 1 aromatic heterocycles. The van der Waals surface area contributed by atoms with Gasteiger partial charge in [-0.15, -0.1) is 0 Å². The summed E-state index contributed by atoms with van der Waals surface area (Å²) in [4.78, 5) is 12.2. The predicted molar refractivity (Wildman–Crippen MR) is 78.4 cm³/mol. The van der Waals surface area contributed by atoms with Gasteiger partial charge >= 0.3 is 6.03 Å². The minimum atomic E-state index is -3.01. The van der Waals surface area contributed by atoms with Crippen LogP contribution in [0.4, 0.5) is 4.79 Å². The summed E-state index contributed by atoms with van der Waals surface area (Å²) in [6.07, 6.45) is 2.06. The number of fused-ring (bicyclic) bond motifs is 1. The summed E-state index contributed by atoms with van der Waals surface area (Å²) in [5.74, 6) is 0.133. The summed E-state index contributed by atoms with van der Waals surface area (Å²) in [5.41, 5.74) is 0.687. The third kappa shape index (κ3) is 2.57. The molecule has 0 radical (unpaired) electrons. The average molecular weight is 358 g/mol. The number of sulfone groups is 1. The van der Waals surface area contributed by atoms with Crippen LogP contribution < -0.4 is 5.32 Å². The number of nitrogens with one attached hydrogen (secondary N) is 1. The van der Waals surface area contributed by atoms with Crippen LogP contribution in [0.2, 0.25) is 0 Å². The van der Waals surface area contributed by atoms with Crippen molar-refractivity contribution >= 4 is 42.7 Å². The maximum Gasteiger partial charge on any atom is 0.342 e. The second-order valence-corrected chi connectivity index (χ2v) is 7.95. The minimum Gasteiger partial charge on any atom is -0.332 e. The molecule has 1 aliphatic rings. The van der Waals surface area contributed by atoms with Gasteiger partial charge < -0.3 is 5.32 Å². The largest absolute Gasteiger partial charge is 0.342 e. The van der Waals surface area contributed by atoms with E-state index >= 15 is 0 Å². The number of benzene rings is 1. The zero-order chi connectivity index (χ0) is 14.3. The number of carbonyl (C=O) groups excluding carboxylic acids is 1. The Kier molecular flexibility index (Phi) is 3.29. The number of halogens is 1. The lowest BCUT2D eigenvalue weighted by atomic mass is 10.2. The number of hydrogen-bond donors (Lipinski definition) is 1. The van der Waals surface area contributed by atoms with E-state index in [4.69, 9.17) is 0 Å². The molecule has 106 valence electrons. The predicted octanol–water partition coefficient (Wildman–Crippen LogP) is 1.54. The molecule has 0 spiro atoms. The van der Waals surface area contributed by atoms with E-state index in [2.05, 4.69) is 26.3 Å². The van der Waals surface area contributed by atoms with Gasteiger partial charge in [-0.2, -0.15) is 9.78 Å². The van der Waals surface area contributed by atoms with Gasteiger partial charge in [-0.3, -0.25) is 0 Å². The molecule has 20 heavy (non-hydrogen) atoms. The van der Waals surface area contributed by atoms with Crippen LogP contribution in [-0.4, -0.2) is 41.8 Å². The third-order valence-electron chi connectivity index (χ3n) is 3.28. The van der Waals surface area contributed by atoms with Crippen molar-refractivity contribution in [3.05, 3.63) is 28.9 Å². The number of rotatable bonds is 1. The Morgan fingerprint density at radius 1 is 1.45 bits per heavy atom. The van der Waals surface area contributed by atoms with Crippen LogP contribution in [0.25, 0.3) is 10.9 Å². The highest BCUT2D eigenvalue weighted by Gasteiger charge is 2.29. The fourth-order valence-corrected chi connectivity index (χ4v) is 4.36. The number of nitrogens with zero attached hydrogens (tertiary/aromatic N) is 2. The lowest BCUT2D eigenvalue weighted by molar-refractivity contribution is 0.237. The summed E-state index contributed by atoms with van der Waals surface area (Å²) in [6.45, 7) is 0. The second kappa shape index (κ2) is 4.85. The Morgan fingerprint density at radius 2 is 2.25 bits per heavy atom. The molecule has 2 heterocycles. The molecule has 0 bridgehead atoms. The minimum absolute atomic E-state index is 0.00346. The molecule has 8 heteroatoms. The third-order valence-corrected chi connectivity index (χ3v) is 5.54. The fourth-order valence-electron chi connectivity index (χ4n) is 2.31. The van der Waals surface area contributed by atoms with Gasteiger partial charge in [-0.1, -0.05) is 15.9 Å². The van der Waals surface area contributed by atoms with Crippen LogP contribution in [-0.2, 0) is 9.84 Å². The molecule has 6 nitrogen and oxygen atoms in total. The van der Waals surface area contributed by atoms with Crippen molar-refractivity contribution in [2.75, 3.05) is 11.5 Å². The lowest BCUT2D eigenvalue weighted by Gasteiger charge is -2.10. The van der Waals surface area contributed by atoms with Crippen LogP contribution in [0.5, 0.6) is 0 Å². The average Bonchev–Trinajstić information content (AvgIpc) is 2.92. The molecule has 1 saturated heterocycles. The Labute approximate surface area is 124 Å². The topological polar surface area (TPSA) is 81.1 Å². The quantitative estimate of drug-likeness (QED) is 0.839. The van der Waals surface area contributed by atoms with E-state index in [0.29, 0.717) is 11.9 Å². The summed E-state index contributed by atoms with van der Waals surface area (Å²) < 4.78 is 24.9. The molecule has 0 saturated carbocycles. The molecule has 1 aromatic carbocycles. The van der Waals surface area contributed by atoms with Gasteiger partial charge in [0.25, 0.3) is 0 Å². The number of aromatic nitrogens is 2. The Morgan fingerprint density at radius 3 is 2.95 bits per heavy atom. The first-order chi connectivity index (χ1) is 9.44. The molecular formula is C12H12BrN3O3S. The van der Waals surface area contributed by atoms with Crippen molar-refractivity contribution in [1.82, 2.24) is 15.1 Å². The van der Waals surface area contributed by atoms with Gasteiger partial charge in [-0.05, 0) is 24.6 Å². The van der Waals surface area contributed by atoms with Gasteiger partial charge in [0.1, 0.15) is 0 Å². The van der Waals surface area contributed by atoms with E-state index in [9.17, 15) is 13.2 Å². The van der Waals surface area contributed by atoms with Gasteiger partial charge in [0.2, 0.25) is 0 Å². The molecule has 1 aliphatic heterocycles. The highest BCUT2D eigenvalue weighted by molar-refractivity contribution is 9.10. The summed E-state index contributed by atoms with van der Waals surface area (Å²) in [5, 5.41) is 7.60. The highest BCUT2D eigenvalue weighted by Crippen LogP contribution is 2.19. The first kappa shape index (κ1) is 13.6. The second-order valence-electron chi connectivity index (χ2n) is 4.81. The summed E-state index contributed by atoms with van der Waals surface area (Å²) in [7, 11) is -3.01. The zero-order valence-electron chi connectivity index (χ0n) is 10.4. The SMILES string of the molecule is O=C(NC1CCS(=O)(=O)C1)n1ncc2cc(Br)ccc21. The number of amides is 1. The van der Waals surface area contributed by atoms with Gasteiger partial charge in [-0.25, -0.2) is 13.2 Å². The lowest BCUT2D eigenvalue weighted by Crippen LogP contribution is -2.38. The monoisotopic (exact) mass is 357 g/mol. The highest BCUT2D eigenvalue weighted by atomic mass is 79.9. The molecule has 1 N–H and O–H groups in total. The van der Waals surface area contributed by atoms with Crippen molar-refractivity contribution < 1.29 is 13.2 Å². The zero-order valence-corrected chi connectivity index (χ0v) is 12.8. The molecule has 1 atom stereocenters. The van der Waals surface area contributed by atoms with Crippen LogP contribution in [0, 0.1) is 0 Å². The van der Waals surface area contributed by atoms with E-state index in [0.717, 1.165) is 9.86 Å². The van der Waals surface area contributed by atoms with Crippen molar-refractivity contribution in [2.24, 2.45) is 0 Å². The van der Waals surface area contributed by atoms with E-state index < -0.39 is 15.9 Å². The molecule has 2 aromatic rings. The van der Waals surface area contributed by atoms with Gasteiger partial charge in [0.05, 0.1) is 23.2 Å². The maximum absolute atomic E-state index is 12.2. The first-order valence-corrected chi connectivity index (χ1v) is 8.71. The molecule has 1 amide bonds. The molecule has 1 unspecified atom stereocenters. The fraction of sp³-hybridized carbons (Fsp3) is 0.333. The van der Waals surface area contributed by atoms with Crippen molar-refractivity contribution in [3.63, 3.8) is 0 Å². The number of hydrogen-bond acceptors (Lipinski definition) is 4. The van der Waals surface area contributed by atoms with Crippen molar-refractivity contribution in [2.45, 2.75) is 12.5 Å². The van der Waals surface area contributed by atoms with Crippen LogP contribution in [0.1, 0.15) is 6.42 Å². The number of carbonyl (C=O) groups is 1.